The minimum atomic E-state index is -4.70. The first-order valence-electron chi connectivity index (χ1n) is 21.6. The van der Waals surface area contributed by atoms with Crippen LogP contribution in [-0.2, 0) is 32.7 Å². The highest BCUT2D eigenvalue weighted by molar-refractivity contribution is 7.47. The highest BCUT2D eigenvalue weighted by atomic mass is 31.2. The van der Waals surface area contributed by atoms with Crippen LogP contribution in [0.1, 0.15) is 149 Å². The van der Waals surface area contributed by atoms with Gasteiger partial charge in [0, 0.05) is 12.8 Å². The molecule has 0 rings (SSSR count). The predicted molar refractivity (Wildman–Crippen MR) is 228 cm³/mol. The zero-order chi connectivity index (χ0) is 43.1. The lowest BCUT2D eigenvalue weighted by molar-refractivity contribution is -0.161. The topological polar surface area (TPSA) is 210 Å². The summed E-state index contributed by atoms with van der Waals surface area (Å²) in [4.78, 5) is 35.0. The molecule has 0 aromatic heterocycles. The third kappa shape index (κ3) is 36.6. The number of hydrogen-bond donors (Lipinski definition) is 6. The number of esters is 2. The number of hydrogen-bond acceptors (Lipinski definition) is 12. The van der Waals surface area contributed by atoms with Gasteiger partial charge in [-0.3, -0.25) is 18.6 Å². The zero-order valence-corrected chi connectivity index (χ0v) is 36.2. The molecule has 0 aliphatic rings. The van der Waals surface area contributed by atoms with Crippen LogP contribution in [0.5, 0.6) is 0 Å². The number of rotatable bonds is 39. The van der Waals surface area contributed by atoms with Crippen LogP contribution in [0.4, 0.5) is 0 Å². The molecule has 0 aliphatic heterocycles. The number of carbonyl (C=O) groups excluding carboxylic acids is 2. The first-order chi connectivity index (χ1) is 27.9. The average Bonchev–Trinajstić information content (AvgIpc) is 3.20. The van der Waals surface area contributed by atoms with Crippen molar-refractivity contribution in [2.24, 2.45) is 0 Å². The van der Waals surface area contributed by atoms with Crippen molar-refractivity contribution in [1.82, 2.24) is 0 Å². The zero-order valence-electron chi connectivity index (χ0n) is 35.3. The summed E-state index contributed by atoms with van der Waals surface area (Å²) in [6.45, 7) is 1.85. The van der Waals surface area contributed by atoms with E-state index in [2.05, 4.69) is 30.5 Å². The Morgan fingerprint density at radius 1 is 0.603 bits per heavy atom. The quantitative estimate of drug-likeness (QED) is 0.0114. The molecule has 0 heterocycles. The average molecular weight is 845 g/mol. The normalized spacial score (nSPS) is 16.1. The molecule has 6 atom stereocenters. The van der Waals surface area contributed by atoms with Crippen molar-refractivity contribution in [1.29, 1.82) is 0 Å². The van der Waals surface area contributed by atoms with E-state index < -0.39 is 76.7 Å². The molecule has 58 heavy (non-hydrogen) atoms. The van der Waals surface area contributed by atoms with Crippen molar-refractivity contribution in [3.63, 3.8) is 0 Å². The van der Waals surface area contributed by atoms with Crippen LogP contribution in [0.3, 0.4) is 0 Å². The molecular formula is C44H77O13P. The van der Waals surface area contributed by atoms with E-state index in [0.29, 0.717) is 6.42 Å². The largest absolute Gasteiger partial charge is 0.472 e. The predicted octanol–water partition coefficient (Wildman–Crippen LogP) is 8.02. The van der Waals surface area contributed by atoms with Gasteiger partial charge in [-0.15, -0.1) is 0 Å². The fourth-order valence-corrected chi connectivity index (χ4v) is 6.28. The number of phosphoric acid groups is 1. The third-order valence-electron chi connectivity index (χ3n) is 9.01. The van der Waals surface area contributed by atoms with Gasteiger partial charge in [-0.1, -0.05) is 145 Å². The number of ether oxygens (including phenoxy) is 2. The Kier molecular flexibility index (Phi) is 37.1. The molecule has 6 N–H and O–H groups in total. The Morgan fingerprint density at radius 3 is 1.78 bits per heavy atom. The minimum Gasteiger partial charge on any atom is -0.462 e. The molecular weight excluding hydrogens is 767 g/mol. The second-order valence-electron chi connectivity index (χ2n) is 14.6. The monoisotopic (exact) mass is 845 g/mol. The highest BCUT2D eigenvalue weighted by Crippen LogP contribution is 2.43. The lowest BCUT2D eigenvalue weighted by Crippen LogP contribution is -2.30. The van der Waals surface area contributed by atoms with Crippen molar-refractivity contribution in [2.45, 2.75) is 179 Å². The van der Waals surface area contributed by atoms with Gasteiger partial charge in [0.1, 0.15) is 12.7 Å². The molecule has 336 valence electrons. The molecule has 0 spiro atoms. The first-order valence-corrected chi connectivity index (χ1v) is 23.1. The molecule has 0 aliphatic carbocycles. The van der Waals surface area contributed by atoms with Crippen molar-refractivity contribution < 1.29 is 63.1 Å². The molecule has 14 heteroatoms. The van der Waals surface area contributed by atoms with E-state index in [1.54, 1.807) is 42.5 Å². The Labute approximate surface area is 348 Å². The van der Waals surface area contributed by atoms with Crippen LogP contribution < -0.4 is 0 Å². The molecule has 0 saturated heterocycles. The number of phosphoric ester groups is 1. The summed E-state index contributed by atoms with van der Waals surface area (Å²) in [7, 11) is -4.70. The summed E-state index contributed by atoms with van der Waals surface area (Å²) < 4.78 is 32.5. The molecule has 0 amide bonds. The van der Waals surface area contributed by atoms with Crippen LogP contribution in [0.15, 0.2) is 60.8 Å². The van der Waals surface area contributed by atoms with Crippen molar-refractivity contribution >= 4 is 19.8 Å². The standard InChI is InChI=1S/C44H77O13P/c1-3-5-7-8-9-10-11-12-13-14-15-16-17-22-26-32-44(51)57-40(37-56-58(52,53)55-35-39(47)34-45)36-54-43(50)33-27-31-42(49)41(48)30-25-21-19-18-20-24-29-38(46)28-23-6-4-2/h10-11,18-21,24-25,29-30,38-42,45-49H,3-9,12-17,22-23,26-28,31-37H2,1-2H3,(H,52,53)/b11-10-,20-18-,21-19+,29-24+,30-25+/t38-,39+,40-,41-,42-/m1/s1. The SMILES string of the molecule is CCCCCC/C=C\CCCCCCCCCC(=O)O[C@H](COC(=O)CCC[C@@H](O)[C@H](O)/C=C/C=C/C=C\C=C\[C@H](O)CCCCC)COP(=O)(O)OC[C@@H](O)CO. The van der Waals surface area contributed by atoms with Gasteiger partial charge in [0.15, 0.2) is 6.10 Å². The maximum atomic E-state index is 12.6. The highest BCUT2D eigenvalue weighted by Gasteiger charge is 2.27. The van der Waals surface area contributed by atoms with Crippen LogP contribution in [-0.4, -0.2) is 99.3 Å². The van der Waals surface area contributed by atoms with E-state index in [1.807, 2.05) is 0 Å². The Bertz CT molecular complexity index is 1200. The molecule has 0 radical (unpaired) electrons. The third-order valence-corrected chi connectivity index (χ3v) is 9.96. The van der Waals surface area contributed by atoms with Crippen LogP contribution in [0.2, 0.25) is 0 Å². The summed E-state index contributed by atoms with van der Waals surface area (Å²) >= 11 is 0. The van der Waals surface area contributed by atoms with Crippen molar-refractivity contribution in [3.8, 4) is 0 Å². The molecule has 0 aromatic rings. The van der Waals surface area contributed by atoms with Crippen molar-refractivity contribution in [2.75, 3.05) is 26.4 Å². The second-order valence-corrected chi connectivity index (χ2v) is 16.0. The smallest absolute Gasteiger partial charge is 0.462 e. The summed E-state index contributed by atoms with van der Waals surface area (Å²) in [6.07, 6.45) is 31.2. The van der Waals surface area contributed by atoms with E-state index in [4.69, 9.17) is 19.1 Å². The van der Waals surface area contributed by atoms with Gasteiger partial charge >= 0.3 is 19.8 Å². The van der Waals surface area contributed by atoms with Gasteiger partial charge in [0.05, 0.1) is 38.1 Å². The number of aliphatic hydroxyl groups is 5. The van der Waals surface area contributed by atoms with Gasteiger partial charge < -0.3 is 39.9 Å². The van der Waals surface area contributed by atoms with E-state index in [0.717, 1.165) is 64.2 Å². The van der Waals surface area contributed by atoms with Crippen molar-refractivity contribution in [3.05, 3.63) is 60.8 Å². The summed E-state index contributed by atoms with van der Waals surface area (Å²) in [5.74, 6) is -1.26. The number of carbonyl (C=O) groups is 2. The van der Waals surface area contributed by atoms with Gasteiger partial charge in [-0.05, 0) is 51.4 Å². The van der Waals surface area contributed by atoms with E-state index in [-0.39, 0.29) is 25.7 Å². The van der Waals surface area contributed by atoms with Crippen LogP contribution in [0, 0.1) is 0 Å². The van der Waals surface area contributed by atoms with E-state index in [9.17, 15) is 39.5 Å². The van der Waals surface area contributed by atoms with E-state index in [1.165, 1.54) is 44.6 Å². The van der Waals surface area contributed by atoms with E-state index >= 15 is 0 Å². The lowest BCUT2D eigenvalue weighted by atomic mass is 10.1. The van der Waals surface area contributed by atoms with Gasteiger partial charge in [0.25, 0.3) is 0 Å². The van der Waals surface area contributed by atoms with Gasteiger partial charge in [-0.25, -0.2) is 4.57 Å². The summed E-state index contributed by atoms with van der Waals surface area (Å²) in [6, 6.07) is 0. The van der Waals surface area contributed by atoms with Crippen LogP contribution >= 0.6 is 7.82 Å². The number of unbranched alkanes of at least 4 members (excludes halogenated alkanes) is 13. The molecule has 13 nitrogen and oxygen atoms in total. The van der Waals surface area contributed by atoms with Crippen LogP contribution in [0.25, 0.3) is 0 Å². The number of allylic oxidation sites excluding steroid dienone is 8. The molecule has 0 bridgehead atoms. The Balaban J connectivity index is 4.64. The summed E-state index contributed by atoms with van der Waals surface area (Å²) in [5, 5.41) is 48.7. The second kappa shape index (κ2) is 38.7. The molecule has 0 aromatic carbocycles. The fraction of sp³-hybridized carbons (Fsp3) is 0.727. The lowest BCUT2D eigenvalue weighted by Gasteiger charge is -2.20. The number of aliphatic hydroxyl groups excluding tert-OH is 5. The van der Waals surface area contributed by atoms with Gasteiger partial charge in [0.2, 0.25) is 0 Å². The van der Waals surface area contributed by atoms with Gasteiger partial charge in [-0.2, -0.15) is 0 Å². The minimum absolute atomic E-state index is 0.0957. The maximum Gasteiger partial charge on any atom is 0.472 e. The molecule has 0 saturated carbocycles. The Morgan fingerprint density at radius 2 is 1.14 bits per heavy atom. The Hall–Kier alpha value is -2.45. The first kappa shape index (κ1) is 55.5. The molecule has 0 fully saturated rings. The molecule has 1 unspecified atom stereocenters. The summed E-state index contributed by atoms with van der Waals surface area (Å²) in [5.41, 5.74) is 0. The maximum absolute atomic E-state index is 12.6. The fourth-order valence-electron chi connectivity index (χ4n) is 5.49.